The Kier molecular flexibility index (Phi) is 7.18. The number of nitrogens with zero attached hydrogens (tertiary/aromatic N) is 1. The van der Waals surface area contributed by atoms with Crippen molar-refractivity contribution in [1.29, 1.82) is 0 Å². The molecule has 3 rings (SSSR count). The molecule has 1 aliphatic rings. The molecule has 1 fully saturated rings. The van der Waals surface area contributed by atoms with E-state index < -0.39 is 0 Å². The van der Waals surface area contributed by atoms with E-state index in [1.807, 2.05) is 12.1 Å². The predicted octanol–water partition coefficient (Wildman–Crippen LogP) is 4.04. The number of piperidine rings is 1. The molecule has 0 saturated carbocycles. The average Bonchev–Trinajstić information content (AvgIpc) is 2.71. The number of benzene rings is 2. The first kappa shape index (κ1) is 20.5. The minimum Gasteiger partial charge on any atom is -0.492 e. The van der Waals surface area contributed by atoms with Gasteiger partial charge in [0.25, 0.3) is 5.91 Å². The first-order chi connectivity index (χ1) is 13.5. The van der Waals surface area contributed by atoms with Crippen molar-refractivity contribution in [1.82, 2.24) is 10.2 Å². The zero-order valence-electron chi connectivity index (χ0n) is 15.4. The van der Waals surface area contributed by atoms with E-state index >= 15 is 0 Å². The zero-order chi connectivity index (χ0) is 19.9. The number of hydrogen-bond donors (Lipinski definition) is 1. The zero-order valence-corrected chi connectivity index (χ0v) is 16.9. The van der Waals surface area contributed by atoms with Gasteiger partial charge in [-0.3, -0.25) is 9.59 Å². The van der Waals surface area contributed by atoms with Gasteiger partial charge in [0.15, 0.2) is 0 Å². The van der Waals surface area contributed by atoms with Crippen LogP contribution in [0.4, 0.5) is 0 Å². The lowest BCUT2D eigenvalue weighted by Crippen LogP contribution is -2.46. The molecule has 28 heavy (non-hydrogen) atoms. The second-order valence-electron chi connectivity index (χ2n) is 6.69. The Labute approximate surface area is 174 Å². The van der Waals surface area contributed by atoms with E-state index in [1.165, 1.54) is 0 Å². The number of nitrogens with one attached hydrogen (secondary N) is 1. The second-order valence-corrected chi connectivity index (χ2v) is 7.57. The van der Waals surface area contributed by atoms with Gasteiger partial charge in [-0.2, -0.15) is 0 Å². The minimum atomic E-state index is -0.212. The molecule has 0 aliphatic carbocycles. The third-order valence-electron chi connectivity index (χ3n) is 4.64. The van der Waals surface area contributed by atoms with Gasteiger partial charge in [-0.1, -0.05) is 29.3 Å². The summed E-state index contributed by atoms with van der Waals surface area (Å²) in [5.74, 6) is 0.331. The van der Waals surface area contributed by atoms with Gasteiger partial charge in [0, 0.05) is 28.7 Å². The summed E-state index contributed by atoms with van der Waals surface area (Å²) < 4.78 is 5.58. The average molecular weight is 421 g/mol. The fourth-order valence-corrected chi connectivity index (χ4v) is 3.50. The van der Waals surface area contributed by atoms with Crippen LogP contribution in [-0.4, -0.2) is 43.0 Å². The van der Waals surface area contributed by atoms with Crippen molar-refractivity contribution in [3.05, 3.63) is 64.1 Å². The number of rotatable bonds is 6. The number of ether oxygens (including phenoxy) is 1. The van der Waals surface area contributed by atoms with Crippen molar-refractivity contribution >= 4 is 35.0 Å². The fraction of sp³-hybridized carbons (Fsp3) is 0.333. The predicted molar refractivity (Wildman–Crippen MR) is 110 cm³/mol. The van der Waals surface area contributed by atoms with Gasteiger partial charge in [-0.05, 0) is 55.3 Å². The van der Waals surface area contributed by atoms with Crippen LogP contribution in [0, 0.1) is 5.92 Å². The van der Waals surface area contributed by atoms with Crippen LogP contribution in [0.3, 0.4) is 0 Å². The van der Waals surface area contributed by atoms with E-state index in [0.29, 0.717) is 47.6 Å². The van der Waals surface area contributed by atoms with Gasteiger partial charge < -0.3 is 15.0 Å². The molecule has 0 radical (unpaired) electrons. The molecule has 1 atom stereocenters. The number of halogens is 2. The molecule has 0 aromatic heterocycles. The van der Waals surface area contributed by atoms with Crippen molar-refractivity contribution in [2.75, 3.05) is 26.2 Å². The lowest BCUT2D eigenvalue weighted by Gasteiger charge is -2.32. The Balaban J connectivity index is 1.46. The summed E-state index contributed by atoms with van der Waals surface area (Å²) in [5.41, 5.74) is 0.584. The molecule has 2 amide bonds. The van der Waals surface area contributed by atoms with Gasteiger partial charge in [0.05, 0.1) is 12.5 Å². The lowest BCUT2D eigenvalue weighted by molar-refractivity contribution is -0.126. The monoisotopic (exact) mass is 420 g/mol. The molecule has 7 heteroatoms. The summed E-state index contributed by atoms with van der Waals surface area (Å²) in [5, 5.41) is 4.09. The van der Waals surface area contributed by atoms with Crippen LogP contribution < -0.4 is 10.1 Å². The maximum atomic E-state index is 12.6. The summed E-state index contributed by atoms with van der Waals surface area (Å²) in [7, 11) is 0. The summed E-state index contributed by atoms with van der Waals surface area (Å²) in [6.07, 6.45) is 1.57. The van der Waals surface area contributed by atoms with Gasteiger partial charge in [-0.15, -0.1) is 0 Å². The fourth-order valence-electron chi connectivity index (χ4n) is 3.19. The SMILES string of the molecule is O=C(NCCOc1cccc(Cl)c1)C1CCCN(C(=O)c2ccc(Cl)cc2)C1. The molecule has 1 aliphatic heterocycles. The molecule has 2 aromatic rings. The Morgan fingerprint density at radius 3 is 2.64 bits per heavy atom. The van der Waals surface area contributed by atoms with Gasteiger partial charge in [0.1, 0.15) is 12.4 Å². The Morgan fingerprint density at radius 2 is 1.89 bits per heavy atom. The largest absolute Gasteiger partial charge is 0.492 e. The number of hydrogen-bond acceptors (Lipinski definition) is 3. The van der Waals surface area contributed by atoms with Crippen LogP contribution in [0.2, 0.25) is 10.0 Å². The van der Waals surface area contributed by atoms with Gasteiger partial charge in [0.2, 0.25) is 5.91 Å². The van der Waals surface area contributed by atoms with Crippen molar-refractivity contribution in [2.45, 2.75) is 12.8 Å². The third kappa shape index (κ3) is 5.63. The van der Waals surface area contributed by atoms with Gasteiger partial charge in [-0.25, -0.2) is 0 Å². The van der Waals surface area contributed by atoms with E-state index in [0.717, 1.165) is 12.8 Å². The van der Waals surface area contributed by atoms with E-state index in [-0.39, 0.29) is 17.7 Å². The molecular weight excluding hydrogens is 399 g/mol. The molecule has 1 N–H and O–H groups in total. The summed E-state index contributed by atoms with van der Waals surface area (Å²) in [6, 6.07) is 13.9. The van der Waals surface area contributed by atoms with Crippen LogP contribution in [0.1, 0.15) is 23.2 Å². The van der Waals surface area contributed by atoms with E-state index in [2.05, 4.69) is 5.32 Å². The topological polar surface area (TPSA) is 58.6 Å². The van der Waals surface area contributed by atoms with E-state index in [4.69, 9.17) is 27.9 Å². The molecule has 0 bridgehead atoms. The first-order valence-corrected chi connectivity index (χ1v) is 9.99. The highest BCUT2D eigenvalue weighted by Crippen LogP contribution is 2.20. The van der Waals surface area contributed by atoms with Crippen LogP contribution in [0.25, 0.3) is 0 Å². The summed E-state index contributed by atoms with van der Waals surface area (Å²) in [6.45, 7) is 1.82. The Bertz CT molecular complexity index is 827. The Hall–Kier alpha value is -2.24. The number of likely N-dealkylation sites (tertiary alicyclic amines) is 1. The van der Waals surface area contributed by atoms with Gasteiger partial charge >= 0.3 is 0 Å². The number of carbonyl (C=O) groups excluding carboxylic acids is 2. The molecule has 0 spiro atoms. The highest BCUT2D eigenvalue weighted by molar-refractivity contribution is 6.31. The first-order valence-electron chi connectivity index (χ1n) is 9.24. The van der Waals surface area contributed by atoms with Crippen LogP contribution >= 0.6 is 23.2 Å². The van der Waals surface area contributed by atoms with Crippen LogP contribution in [-0.2, 0) is 4.79 Å². The Morgan fingerprint density at radius 1 is 1.11 bits per heavy atom. The van der Waals surface area contributed by atoms with E-state index in [1.54, 1.807) is 41.3 Å². The second kappa shape index (κ2) is 9.80. The molecule has 148 valence electrons. The quantitative estimate of drug-likeness (QED) is 0.717. The maximum absolute atomic E-state index is 12.6. The van der Waals surface area contributed by atoms with Crippen molar-refractivity contribution in [3.8, 4) is 5.75 Å². The van der Waals surface area contributed by atoms with Crippen molar-refractivity contribution < 1.29 is 14.3 Å². The highest BCUT2D eigenvalue weighted by Gasteiger charge is 2.28. The molecule has 1 saturated heterocycles. The van der Waals surface area contributed by atoms with Crippen molar-refractivity contribution in [3.63, 3.8) is 0 Å². The summed E-state index contributed by atoms with van der Waals surface area (Å²) >= 11 is 11.8. The third-order valence-corrected chi connectivity index (χ3v) is 5.12. The van der Waals surface area contributed by atoms with E-state index in [9.17, 15) is 9.59 Å². The van der Waals surface area contributed by atoms with Crippen LogP contribution in [0.5, 0.6) is 5.75 Å². The molecule has 5 nitrogen and oxygen atoms in total. The van der Waals surface area contributed by atoms with Crippen LogP contribution in [0.15, 0.2) is 48.5 Å². The smallest absolute Gasteiger partial charge is 0.253 e. The standard InChI is InChI=1S/C21H22Cl2N2O3/c22-17-8-6-15(7-9-17)21(27)25-11-2-3-16(14-25)20(26)24-10-12-28-19-5-1-4-18(23)13-19/h1,4-9,13,16H,2-3,10-12,14H2,(H,24,26). The maximum Gasteiger partial charge on any atom is 0.253 e. The highest BCUT2D eigenvalue weighted by atomic mass is 35.5. The minimum absolute atomic E-state index is 0.0525. The number of carbonyl (C=O) groups is 2. The summed E-state index contributed by atoms with van der Waals surface area (Å²) in [4.78, 5) is 26.8. The normalized spacial score (nSPS) is 16.5. The lowest BCUT2D eigenvalue weighted by atomic mass is 9.96. The molecule has 1 unspecified atom stereocenters. The number of amides is 2. The molecular formula is C21H22Cl2N2O3. The molecule has 1 heterocycles. The van der Waals surface area contributed by atoms with Crippen molar-refractivity contribution in [2.24, 2.45) is 5.92 Å². The molecule has 2 aromatic carbocycles.